The molecule has 2 N–H and O–H groups in total. The lowest BCUT2D eigenvalue weighted by Crippen LogP contribution is -2.38. The number of hydrogen-bond acceptors (Lipinski definition) is 6. The maximum atomic E-state index is 14.1. The minimum atomic E-state index is -0.975. The van der Waals surface area contributed by atoms with E-state index in [1.807, 2.05) is 6.92 Å². The van der Waals surface area contributed by atoms with Crippen LogP contribution >= 0.6 is 0 Å². The number of carbonyl (C=O) groups excluding carboxylic acids is 3. The molecule has 0 spiro atoms. The van der Waals surface area contributed by atoms with Gasteiger partial charge in [-0.25, -0.2) is 18.5 Å². The van der Waals surface area contributed by atoms with Crippen molar-refractivity contribution in [2.45, 2.75) is 64.7 Å². The van der Waals surface area contributed by atoms with E-state index in [-0.39, 0.29) is 12.4 Å². The third-order valence-corrected chi connectivity index (χ3v) is 4.18. The van der Waals surface area contributed by atoms with E-state index in [0.717, 1.165) is 32.1 Å². The summed E-state index contributed by atoms with van der Waals surface area (Å²) in [5, 5.41) is 4.77. The van der Waals surface area contributed by atoms with Crippen LogP contribution in [0.15, 0.2) is 11.0 Å². The molecule has 0 saturated carbocycles. The molecular weight excluding hydrogens is 383 g/mol. The summed E-state index contributed by atoms with van der Waals surface area (Å²) in [7, 11) is 1.33. The van der Waals surface area contributed by atoms with Crippen molar-refractivity contribution in [3.63, 3.8) is 0 Å². The molecule has 0 aromatic carbocycles. The first-order valence-electron chi connectivity index (χ1n) is 9.83. The van der Waals surface area contributed by atoms with Gasteiger partial charge >= 0.3 is 17.7 Å². The van der Waals surface area contributed by atoms with Gasteiger partial charge in [-0.15, -0.1) is 0 Å². The average Bonchev–Trinajstić information content (AvgIpc) is 2.69. The Labute approximate surface area is 169 Å². The summed E-state index contributed by atoms with van der Waals surface area (Å²) in [6.07, 6.45) is 6.54. The van der Waals surface area contributed by atoms with Crippen molar-refractivity contribution in [1.82, 2.24) is 14.9 Å². The smallest absolute Gasteiger partial charge is 0.358 e. The number of methoxy groups -OCH3 is 1. The molecule has 1 heterocycles. The number of nitrogens with zero attached hydrogens (tertiary/aromatic N) is 2. The van der Waals surface area contributed by atoms with E-state index in [9.17, 15) is 23.6 Å². The summed E-state index contributed by atoms with van der Waals surface area (Å²) >= 11 is 0. The molecule has 0 fully saturated rings. The van der Waals surface area contributed by atoms with Crippen LogP contribution in [0.3, 0.4) is 0 Å². The van der Waals surface area contributed by atoms with Gasteiger partial charge in [0.2, 0.25) is 5.91 Å². The number of rotatable bonds is 12. The van der Waals surface area contributed by atoms with Crippen molar-refractivity contribution in [2.24, 2.45) is 0 Å². The average molecular weight is 412 g/mol. The summed E-state index contributed by atoms with van der Waals surface area (Å²) in [5.74, 6) is -2.22. The van der Waals surface area contributed by atoms with Gasteiger partial charge in [0.1, 0.15) is 0 Å². The van der Waals surface area contributed by atoms with Crippen LogP contribution in [-0.4, -0.2) is 41.1 Å². The molecule has 162 valence electrons. The first-order chi connectivity index (χ1) is 13.9. The highest BCUT2D eigenvalue weighted by molar-refractivity contribution is 5.89. The molecule has 0 aliphatic carbocycles. The fourth-order valence-corrected chi connectivity index (χ4v) is 2.53. The number of unbranched alkanes of at least 4 members (excludes halogenated alkanes) is 5. The van der Waals surface area contributed by atoms with E-state index in [1.165, 1.54) is 7.11 Å². The van der Waals surface area contributed by atoms with Crippen LogP contribution < -0.4 is 16.3 Å². The second kappa shape index (κ2) is 13.4. The maximum Gasteiger partial charge on any atom is 0.358 e. The number of aromatic nitrogens is 2. The zero-order valence-electron chi connectivity index (χ0n) is 17.0. The van der Waals surface area contributed by atoms with Gasteiger partial charge in [0.15, 0.2) is 11.6 Å². The molecule has 1 rings (SSSR count). The lowest BCUT2D eigenvalue weighted by molar-refractivity contribution is -0.140. The van der Waals surface area contributed by atoms with Crippen molar-refractivity contribution in [2.75, 3.05) is 19.0 Å². The van der Waals surface area contributed by atoms with E-state index in [2.05, 4.69) is 20.4 Å². The molecule has 29 heavy (non-hydrogen) atoms. The van der Waals surface area contributed by atoms with E-state index in [4.69, 9.17) is 0 Å². The molecule has 10 heteroatoms. The first kappa shape index (κ1) is 24.3. The van der Waals surface area contributed by atoms with Crippen LogP contribution in [0.4, 0.5) is 15.0 Å². The predicted octanol–water partition coefficient (Wildman–Crippen LogP) is 2.58. The van der Waals surface area contributed by atoms with E-state index in [0.29, 0.717) is 36.6 Å². The lowest BCUT2D eigenvalue weighted by Gasteiger charge is -2.09. The van der Waals surface area contributed by atoms with Crippen molar-refractivity contribution in [1.29, 1.82) is 0 Å². The molecule has 1 aromatic heterocycles. The fourth-order valence-electron chi connectivity index (χ4n) is 2.53. The van der Waals surface area contributed by atoms with Crippen LogP contribution in [0.5, 0.6) is 0 Å². The molecule has 0 unspecified atom stereocenters. The number of anilines is 1. The summed E-state index contributed by atoms with van der Waals surface area (Å²) in [6.45, 7) is 2.39. The molecule has 0 radical (unpaired) electrons. The van der Waals surface area contributed by atoms with Gasteiger partial charge in [-0.3, -0.25) is 9.59 Å². The SMILES string of the molecule is CCCCCNC(=O)n1cc(F)c(NC(=O)CCCCCCC(=O)OC)nc1=O. The van der Waals surface area contributed by atoms with Gasteiger partial charge in [-0.05, 0) is 19.3 Å². The number of halogens is 1. The third kappa shape index (κ3) is 9.31. The Morgan fingerprint density at radius 3 is 2.45 bits per heavy atom. The largest absolute Gasteiger partial charge is 0.469 e. The Balaban J connectivity index is 2.47. The van der Waals surface area contributed by atoms with Gasteiger partial charge in [0, 0.05) is 19.4 Å². The minimum absolute atomic E-state index is 0.125. The van der Waals surface area contributed by atoms with Gasteiger partial charge in [-0.2, -0.15) is 4.98 Å². The number of ether oxygens (including phenoxy) is 1. The van der Waals surface area contributed by atoms with Crippen LogP contribution in [0.25, 0.3) is 0 Å². The standard InChI is InChI=1S/C19H29FN4O5/c1-3-4-9-12-21-18(27)24-13-14(20)17(23-19(24)28)22-15(25)10-7-5-6-8-11-16(26)29-2/h13H,3-12H2,1-2H3,(H,21,27)(H,22,23,25,28). The van der Waals surface area contributed by atoms with E-state index in [1.54, 1.807) is 0 Å². The monoisotopic (exact) mass is 412 g/mol. The minimum Gasteiger partial charge on any atom is -0.469 e. The summed E-state index contributed by atoms with van der Waals surface area (Å²) in [5.41, 5.74) is -0.975. The highest BCUT2D eigenvalue weighted by Crippen LogP contribution is 2.10. The molecule has 0 atom stereocenters. The van der Waals surface area contributed by atoms with Crippen molar-refractivity contribution >= 4 is 23.7 Å². The van der Waals surface area contributed by atoms with E-state index < -0.39 is 29.3 Å². The van der Waals surface area contributed by atoms with Crippen LogP contribution in [0, 0.1) is 5.82 Å². The van der Waals surface area contributed by atoms with Gasteiger partial charge in [0.05, 0.1) is 13.3 Å². The zero-order valence-corrected chi connectivity index (χ0v) is 17.0. The van der Waals surface area contributed by atoms with Crippen molar-refractivity contribution < 1.29 is 23.5 Å². The second-order valence-corrected chi connectivity index (χ2v) is 6.57. The molecule has 9 nitrogen and oxygen atoms in total. The highest BCUT2D eigenvalue weighted by Gasteiger charge is 2.15. The summed E-state index contributed by atoms with van der Waals surface area (Å²) in [6, 6.07) is -0.762. The number of carbonyl (C=O) groups is 3. The topological polar surface area (TPSA) is 119 Å². The second-order valence-electron chi connectivity index (χ2n) is 6.57. The van der Waals surface area contributed by atoms with Gasteiger partial charge < -0.3 is 15.4 Å². The van der Waals surface area contributed by atoms with E-state index >= 15 is 0 Å². The van der Waals surface area contributed by atoms with Crippen molar-refractivity contribution in [3.05, 3.63) is 22.5 Å². The molecule has 0 aliphatic rings. The maximum absolute atomic E-state index is 14.1. The Morgan fingerprint density at radius 2 is 1.79 bits per heavy atom. The quantitative estimate of drug-likeness (QED) is 0.402. The van der Waals surface area contributed by atoms with Crippen molar-refractivity contribution in [3.8, 4) is 0 Å². The van der Waals surface area contributed by atoms with Crippen LogP contribution in [0.2, 0.25) is 0 Å². The van der Waals surface area contributed by atoms with Gasteiger partial charge in [0.25, 0.3) is 0 Å². The van der Waals surface area contributed by atoms with Gasteiger partial charge in [-0.1, -0.05) is 32.6 Å². The zero-order chi connectivity index (χ0) is 21.6. The van der Waals surface area contributed by atoms with Crippen LogP contribution in [0.1, 0.15) is 64.7 Å². The molecule has 2 amide bonds. The number of amides is 2. The number of nitrogens with one attached hydrogen (secondary N) is 2. The Morgan fingerprint density at radius 1 is 1.10 bits per heavy atom. The number of hydrogen-bond donors (Lipinski definition) is 2. The first-order valence-corrected chi connectivity index (χ1v) is 9.83. The summed E-state index contributed by atoms with van der Waals surface area (Å²) < 4.78 is 19.2. The van der Waals surface area contributed by atoms with Crippen LogP contribution in [-0.2, 0) is 14.3 Å². The normalized spacial score (nSPS) is 10.4. The number of esters is 1. The Hall–Kier alpha value is -2.78. The summed E-state index contributed by atoms with van der Waals surface area (Å²) in [4.78, 5) is 50.2. The highest BCUT2D eigenvalue weighted by atomic mass is 19.1. The fraction of sp³-hybridized carbons (Fsp3) is 0.632. The third-order valence-electron chi connectivity index (χ3n) is 4.18. The molecule has 0 saturated heterocycles. The Kier molecular flexibility index (Phi) is 11.2. The molecule has 0 bridgehead atoms. The Bertz CT molecular complexity index is 751. The lowest BCUT2D eigenvalue weighted by atomic mass is 10.1. The molecule has 1 aromatic rings. The molecule has 0 aliphatic heterocycles. The molecular formula is C19H29FN4O5. The predicted molar refractivity (Wildman–Crippen MR) is 105 cm³/mol.